The molecule has 1 unspecified atom stereocenters. The normalized spacial score (nSPS) is 12.7. The summed E-state index contributed by atoms with van der Waals surface area (Å²) in [6.07, 6.45) is 0.761. The molecule has 0 bridgehead atoms. The Hall–Kier alpha value is -1.24. The Morgan fingerprint density at radius 2 is 2.25 bits per heavy atom. The summed E-state index contributed by atoms with van der Waals surface area (Å²) in [4.78, 5) is 0. The van der Waals surface area contributed by atoms with Gasteiger partial charge in [-0.25, -0.2) is 4.39 Å². The molecule has 0 fully saturated rings. The van der Waals surface area contributed by atoms with E-state index in [1.54, 1.807) is 31.0 Å². The molecule has 0 aliphatic heterocycles. The quantitative estimate of drug-likeness (QED) is 0.908. The van der Waals surface area contributed by atoms with Crippen molar-refractivity contribution < 1.29 is 14.2 Å². The molecule has 1 N–H and O–H groups in total. The van der Waals surface area contributed by atoms with Gasteiger partial charge in [0, 0.05) is 7.11 Å². The minimum Gasteiger partial charge on any atom is -0.383 e. The maximum atomic E-state index is 13.2. The van der Waals surface area contributed by atoms with Crippen LogP contribution in [-0.4, -0.2) is 28.6 Å². The zero-order chi connectivity index (χ0) is 14.7. The van der Waals surface area contributed by atoms with Gasteiger partial charge in [0.25, 0.3) is 0 Å². The van der Waals surface area contributed by atoms with E-state index in [0.29, 0.717) is 34.4 Å². The molecular formula is C14H16BrFN2O2. The third-order valence-corrected chi connectivity index (χ3v) is 3.74. The van der Waals surface area contributed by atoms with Gasteiger partial charge in [-0.05, 0) is 46.1 Å². The van der Waals surface area contributed by atoms with Gasteiger partial charge in [0.15, 0.2) is 0 Å². The van der Waals surface area contributed by atoms with Crippen molar-refractivity contribution in [3.8, 4) is 0 Å². The van der Waals surface area contributed by atoms with Gasteiger partial charge in [0.05, 0.1) is 29.5 Å². The minimum atomic E-state index is -0.871. The predicted octanol–water partition coefficient (Wildman–Crippen LogP) is 2.82. The van der Waals surface area contributed by atoms with Gasteiger partial charge < -0.3 is 9.84 Å². The second-order valence-corrected chi connectivity index (χ2v) is 5.35. The van der Waals surface area contributed by atoms with Crippen molar-refractivity contribution in [1.29, 1.82) is 0 Å². The molecular weight excluding hydrogens is 327 g/mol. The van der Waals surface area contributed by atoms with E-state index in [1.165, 1.54) is 12.1 Å². The molecule has 6 heteroatoms. The van der Waals surface area contributed by atoms with Crippen molar-refractivity contribution in [2.75, 3.05) is 13.7 Å². The number of benzene rings is 1. The number of ether oxygens (including phenoxy) is 1. The Balaban J connectivity index is 2.37. The molecule has 1 aromatic heterocycles. The predicted molar refractivity (Wildman–Crippen MR) is 77.0 cm³/mol. The number of halogens is 2. The Labute approximate surface area is 125 Å². The zero-order valence-corrected chi connectivity index (χ0v) is 12.9. The van der Waals surface area contributed by atoms with Gasteiger partial charge in [-0.15, -0.1) is 0 Å². The van der Waals surface area contributed by atoms with Crippen LogP contribution in [-0.2, 0) is 11.3 Å². The largest absolute Gasteiger partial charge is 0.383 e. The third kappa shape index (κ3) is 3.08. The first-order valence-electron chi connectivity index (χ1n) is 6.19. The minimum absolute atomic E-state index is 0.314. The van der Waals surface area contributed by atoms with Crippen molar-refractivity contribution in [1.82, 2.24) is 9.78 Å². The fourth-order valence-corrected chi connectivity index (χ4v) is 2.61. The lowest BCUT2D eigenvalue weighted by molar-refractivity contribution is 0.171. The average Bonchev–Trinajstić information content (AvgIpc) is 2.77. The van der Waals surface area contributed by atoms with Crippen LogP contribution >= 0.6 is 15.9 Å². The topological polar surface area (TPSA) is 47.3 Å². The van der Waals surface area contributed by atoms with E-state index in [2.05, 4.69) is 21.0 Å². The highest BCUT2D eigenvalue weighted by molar-refractivity contribution is 9.10. The van der Waals surface area contributed by atoms with E-state index < -0.39 is 6.10 Å². The fraction of sp³-hybridized carbons (Fsp3) is 0.357. The summed E-state index contributed by atoms with van der Waals surface area (Å²) < 4.78 is 20.6. The van der Waals surface area contributed by atoms with Gasteiger partial charge in [-0.1, -0.05) is 6.07 Å². The number of methoxy groups -OCH3 is 1. The van der Waals surface area contributed by atoms with Gasteiger partial charge in [-0.2, -0.15) is 5.10 Å². The maximum absolute atomic E-state index is 13.2. The lowest BCUT2D eigenvalue weighted by atomic mass is 10.0. The Morgan fingerprint density at radius 3 is 2.90 bits per heavy atom. The first kappa shape index (κ1) is 15.2. The summed E-state index contributed by atoms with van der Waals surface area (Å²) in [7, 11) is 1.61. The molecule has 0 amide bonds. The van der Waals surface area contributed by atoms with Gasteiger partial charge >= 0.3 is 0 Å². The van der Waals surface area contributed by atoms with Crippen LogP contribution in [0.15, 0.2) is 28.9 Å². The van der Waals surface area contributed by atoms with E-state index in [9.17, 15) is 9.50 Å². The molecule has 1 aromatic carbocycles. The fourth-order valence-electron chi connectivity index (χ4n) is 2.09. The van der Waals surface area contributed by atoms with Crippen LogP contribution in [0, 0.1) is 12.7 Å². The Bertz CT molecular complexity index is 601. The van der Waals surface area contributed by atoms with Crippen LogP contribution in [0.25, 0.3) is 0 Å². The highest BCUT2D eigenvalue weighted by atomic mass is 79.9. The Kier molecular flexibility index (Phi) is 4.91. The second-order valence-electron chi connectivity index (χ2n) is 4.50. The molecule has 0 saturated heterocycles. The van der Waals surface area contributed by atoms with Crippen LogP contribution < -0.4 is 0 Å². The summed E-state index contributed by atoms with van der Waals surface area (Å²) in [6, 6.07) is 4.34. The van der Waals surface area contributed by atoms with Crippen LogP contribution in [0.5, 0.6) is 0 Å². The average molecular weight is 343 g/mol. The molecule has 2 aromatic rings. The molecule has 20 heavy (non-hydrogen) atoms. The summed E-state index contributed by atoms with van der Waals surface area (Å²) in [6.45, 7) is 2.80. The number of nitrogens with zero attached hydrogens (tertiary/aromatic N) is 2. The van der Waals surface area contributed by atoms with E-state index >= 15 is 0 Å². The number of aryl methyl sites for hydroxylation is 1. The number of aliphatic hydroxyl groups is 1. The molecule has 0 radical (unpaired) electrons. The zero-order valence-electron chi connectivity index (χ0n) is 11.3. The van der Waals surface area contributed by atoms with E-state index in [1.807, 2.05) is 0 Å². The van der Waals surface area contributed by atoms with Crippen LogP contribution in [0.3, 0.4) is 0 Å². The van der Waals surface area contributed by atoms with Crippen molar-refractivity contribution in [3.63, 3.8) is 0 Å². The molecule has 1 atom stereocenters. The van der Waals surface area contributed by atoms with E-state index in [-0.39, 0.29) is 5.82 Å². The van der Waals surface area contributed by atoms with E-state index in [4.69, 9.17) is 4.74 Å². The highest BCUT2D eigenvalue weighted by Crippen LogP contribution is 2.30. The molecule has 108 valence electrons. The van der Waals surface area contributed by atoms with Gasteiger partial charge in [-0.3, -0.25) is 4.68 Å². The molecule has 1 heterocycles. The monoisotopic (exact) mass is 342 g/mol. The van der Waals surface area contributed by atoms with Crippen molar-refractivity contribution in [2.24, 2.45) is 0 Å². The second kappa shape index (κ2) is 6.47. The van der Waals surface area contributed by atoms with Crippen molar-refractivity contribution in [2.45, 2.75) is 19.6 Å². The standard InChI is InChI=1S/C14H16BrFN2O2/c1-9-7-10(16)3-4-11(9)14(19)13-12(15)8-17-18(13)5-6-20-2/h3-4,7-8,14,19H,5-6H2,1-2H3. The first-order chi connectivity index (χ1) is 9.54. The summed E-state index contributed by atoms with van der Waals surface area (Å²) in [5, 5.41) is 14.8. The SMILES string of the molecule is COCCn1ncc(Br)c1C(O)c1ccc(F)cc1C. The lowest BCUT2D eigenvalue weighted by Crippen LogP contribution is -2.14. The number of rotatable bonds is 5. The molecule has 0 saturated carbocycles. The van der Waals surface area contributed by atoms with Crippen LogP contribution in [0.2, 0.25) is 0 Å². The van der Waals surface area contributed by atoms with Crippen molar-refractivity contribution in [3.05, 3.63) is 51.5 Å². The lowest BCUT2D eigenvalue weighted by Gasteiger charge is -2.16. The van der Waals surface area contributed by atoms with Crippen molar-refractivity contribution >= 4 is 15.9 Å². The third-order valence-electron chi connectivity index (χ3n) is 3.13. The number of aromatic nitrogens is 2. The summed E-state index contributed by atoms with van der Waals surface area (Å²) in [5.41, 5.74) is 1.99. The molecule has 2 rings (SSSR count). The molecule has 4 nitrogen and oxygen atoms in total. The summed E-state index contributed by atoms with van der Waals surface area (Å²) >= 11 is 3.39. The highest BCUT2D eigenvalue weighted by Gasteiger charge is 2.21. The molecule has 0 aliphatic carbocycles. The van der Waals surface area contributed by atoms with Crippen LogP contribution in [0.4, 0.5) is 4.39 Å². The van der Waals surface area contributed by atoms with Crippen LogP contribution in [0.1, 0.15) is 22.9 Å². The number of hydrogen-bond acceptors (Lipinski definition) is 3. The van der Waals surface area contributed by atoms with Gasteiger partial charge in [0.1, 0.15) is 11.9 Å². The van der Waals surface area contributed by atoms with E-state index in [0.717, 1.165) is 0 Å². The molecule has 0 aliphatic rings. The number of aliphatic hydroxyl groups excluding tert-OH is 1. The van der Waals surface area contributed by atoms with Gasteiger partial charge in [0.2, 0.25) is 0 Å². The Morgan fingerprint density at radius 1 is 1.50 bits per heavy atom. The smallest absolute Gasteiger partial charge is 0.123 e. The first-order valence-corrected chi connectivity index (χ1v) is 6.98. The summed E-state index contributed by atoms with van der Waals surface area (Å²) in [5.74, 6) is -0.314. The maximum Gasteiger partial charge on any atom is 0.123 e. The molecule has 0 spiro atoms. The number of hydrogen-bond donors (Lipinski definition) is 1.